The molecule has 0 saturated carbocycles. The van der Waals surface area contributed by atoms with Gasteiger partial charge >= 0.3 is 0 Å². The largest absolute Gasteiger partial charge is 0.506 e. The molecule has 1 aliphatic rings. The highest BCUT2D eigenvalue weighted by Gasteiger charge is 2.39. The number of hydrogen-bond acceptors (Lipinski definition) is 3. The molecule has 3 aromatic rings. The van der Waals surface area contributed by atoms with Crippen molar-refractivity contribution in [3.8, 4) is 16.2 Å². The van der Waals surface area contributed by atoms with Gasteiger partial charge in [-0.15, -0.1) is 11.3 Å². The highest BCUT2D eigenvalue weighted by Crippen LogP contribution is 2.56. The van der Waals surface area contributed by atoms with E-state index in [0.29, 0.717) is 5.02 Å². The Labute approximate surface area is 138 Å². The fourth-order valence-electron chi connectivity index (χ4n) is 3.35. The van der Waals surface area contributed by atoms with Gasteiger partial charge in [0.05, 0.1) is 11.2 Å². The van der Waals surface area contributed by atoms with E-state index in [4.69, 9.17) is 11.6 Å². The van der Waals surface area contributed by atoms with Crippen LogP contribution in [0.5, 0.6) is 5.75 Å². The molecule has 0 atom stereocenters. The molecule has 4 rings (SSSR count). The van der Waals surface area contributed by atoms with Gasteiger partial charge in [-0.1, -0.05) is 29.8 Å². The number of nitrogens with zero attached hydrogens (tertiary/aromatic N) is 1. The molecule has 112 valence electrons. The molecule has 0 fully saturated rings. The summed E-state index contributed by atoms with van der Waals surface area (Å²) in [5, 5.41) is 11.7. The summed E-state index contributed by atoms with van der Waals surface area (Å²) in [4.78, 5) is 3.42. The van der Waals surface area contributed by atoms with Crippen molar-refractivity contribution in [2.45, 2.75) is 19.4 Å². The molecule has 4 heteroatoms. The third-order valence-corrected chi connectivity index (χ3v) is 6.30. The number of halogens is 1. The van der Waals surface area contributed by atoms with E-state index in [1.807, 2.05) is 13.1 Å². The number of thiophene rings is 1. The quantitative estimate of drug-likeness (QED) is 0.579. The summed E-state index contributed by atoms with van der Waals surface area (Å²) >= 11 is 8.21. The molecule has 0 bridgehead atoms. The highest BCUT2D eigenvalue weighted by atomic mass is 35.5. The standard InChI is InChI=1S/C18H16ClNOS/c1-18(2)14-10-6-4-5-7-13(10)22-17(14)11-8-9-12(21)15(19)16(11)20(18)3/h4-9,21H,1-3H3. The van der Waals surface area contributed by atoms with Crippen molar-refractivity contribution in [1.82, 2.24) is 0 Å². The minimum Gasteiger partial charge on any atom is -0.506 e. The Morgan fingerprint density at radius 1 is 1.14 bits per heavy atom. The summed E-state index contributed by atoms with van der Waals surface area (Å²) < 4.78 is 1.28. The van der Waals surface area contributed by atoms with E-state index < -0.39 is 0 Å². The smallest absolute Gasteiger partial charge is 0.136 e. The second-order valence-corrected chi connectivity index (χ2v) is 7.65. The van der Waals surface area contributed by atoms with Gasteiger partial charge in [0, 0.05) is 27.8 Å². The van der Waals surface area contributed by atoms with E-state index in [1.54, 1.807) is 17.4 Å². The average molecular weight is 330 g/mol. The second-order valence-electron chi connectivity index (χ2n) is 6.22. The molecule has 22 heavy (non-hydrogen) atoms. The van der Waals surface area contributed by atoms with Gasteiger partial charge in [-0.2, -0.15) is 0 Å². The summed E-state index contributed by atoms with van der Waals surface area (Å²) in [7, 11) is 2.04. The topological polar surface area (TPSA) is 23.5 Å². The van der Waals surface area contributed by atoms with Crippen molar-refractivity contribution in [2.75, 3.05) is 11.9 Å². The summed E-state index contributed by atoms with van der Waals surface area (Å²) in [5.41, 5.74) is 3.15. The van der Waals surface area contributed by atoms with Crippen LogP contribution in [0.3, 0.4) is 0 Å². The lowest BCUT2D eigenvalue weighted by Gasteiger charge is -2.43. The Balaban J connectivity index is 2.18. The molecular formula is C18H16ClNOS. The lowest BCUT2D eigenvalue weighted by atomic mass is 9.84. The van der Waals surface area contributed by atoms with Crippen molar-refractivity contribution in [3.63, 3.8) is 0 Å². The molecule has 1 aliphatic heterocycles. The Kier molecular flexibility index (Phi) is 2.78. The zero-order chi connectivity index (χ0) is 15.6. The molecular weight excluding hydrogens is 314 g/mol. The molecule has 0 aliphatic carbocycles. The number of hydrogen-bond donors (Lipinski definition) is 1. The molecule has 2 heterocycles. The molecule has 1 N–H and O–H groups in total. The number of anilines is 1. The first-order valence-corrected chi connectivity index (χ1v) is 8.40. The Morgan fingerprint density at radius 3 is 2.64 bits per heavy atom. The third kappa shape index (κ3) is 1.61. The van der Waals surface area contributed by atoms with Crippen molar-refractivity contribution >= 4 is 38.7 Å². The van der Waals surface area contributed by atoms with Crippen LogP contribution in [0.15, 0.2) is 36.4 Å². The van der Waals surface area contributed by atoms with Crippen molar-refractivity contribution in [2.24, 2.45) is 0 Å². The van der Waals surface area contributed by atoms with Crippen LogP contribution in [-0.4, -0.2) is 12.2 Å². The predicted molar refractivity (Wildman–Crippen MR) is 95.4 cm³/mol. The SMILES string of the molecule is CN1c2c(ccc(O)c2Cl)-c2sc3ccccc3c2C1(C)C. The molecule has 2 aromatic carbocycles. The molecule has 2 nitrogen and oxygen atoms in total. The number of fused-ring (bicyclic) bond motifs is 5. The van der Waals surface area contributed by atoms with E-state index in [1.165, 1.54) is 20.5 Å². The second kappa shape index (κ2) is 4.40. The minimum atomic E-state index is -0.195. The fraction of sp³-hybridized carbons (Fsp3) is 0.222. The van der Waals surface area contributed by atoms with Crippen LogP contribution in [0.1, 0.15) is 19.4 Å². The fourth-order valence-corrected chi connectivity index (χ4v) is 5.03. The summed E-state index contributed by atoms with van der Waals surface area (Å²) in [6.45, 7) is 4.41. The van der Waals surface area contributed by atoms with Crippen molar-refractivity contribution < 1.29 is 5.11 Å². The maximum Gasteiger partial charge on any atom is 0.136 e. The van der Waals surface area contributed by atoms with E-state index >= 15 is 0 Å². The lowest BCUT2D eigenvalue weighted by molar-refractivity contribution is 0.473. The molecule has 0 radical (unpaired) electrons. The first kappa shape index (κ1) is 13.9. The van der Waals surface area contributed by atoms with Gasteiger partial charge in [-0.25, -0.2) is 0 Å². The lowest BCUT2D eigenvalue weighted by Crippen LogP contribution is -2.41. The molecule has 1 aromatic heterocycles. The van der Waals surface area contributed by atoms with E-state index in [9.17, 15) is 5.11 Å². The van der Waals surface area contributed by atoms with Gasteiger partial charge in [0.2, 0.25) is 0 Å². The summed E-state index contributed by atoms with van der Waals surface area (Å²) in [5.74, 6) is 0.132. The van der Waals surface area contributed by atoms with Crippen LogP contribution < -0.4 is 4.90 Å². The van der Waals surface area contributed by atoms with E-state index in [0.717, 1.165) is 11.3 Å². The first-order chi connectivity index (χ1) is 10.4. The summed E-state index contributed by atoms with van der Waals surface area (Å²) in [6, 6.07) is 12.2. The van der Waals surface area contributed by atoms with Crippen LogP contribution in [-0.2, 0) is 5.54 Å². The monoisotopic (exact) mass is 329 g/mol. The number of phenolic OH excluding ortho intramolecular Hbond substituents is 1. The zero-order valence-corrected chi connectivity index (χ0v) is 14.2. The normalized spacial score (nSPS) is 15.7. The van der Waals surface area contributed by atoms with Gasteiger partial charge in [-0.3, -0.25) is 0 Å². The van der Waals surface area contributed by atoms with Gasteiger partial charge in [0.15, 0.2) is 0 Å². The molecule has 0 unspecified atom stereocenters. The average Bonchev–Trinajstić information content (AvgIpc) is 2.88. The van der Waals surface area contributed by atoms with E-state index in [-0.39, 0.29) is 11.3 Å². The Bertz CT molecular complexity index is 913. The highest BCUT2D eigenvalue weighted by molar-refractivity contribution is 7.22. The predicted octanol–water partition coefficient (Wildman–Crippen LogP) is 5.61. The zero-order valence-electron chi connectivity index (χ0n) is 12.6. The van der Waals surface area contributed by atoms with Crippen LogP contribution in [0.25, 0.3) is 20.5 Å². The van der Waals surface area contributed by atoms with Gasteiger partial charge in [-0.05, 0) is 37.4 Å². The maximum atomic E-state index is 10.00. The first-order valence-electron chi connectivity index (χ1n) is 7.20. The van der Waals surface area contributed by atoms with Crippen LogP contribution in [0, 0.1) is 0 Å². The molecule has 0 amide bonds. The van der Waals surface area contributed by atoms with Crippen molar-refractivity contribution in [3.05, 3.63) is 47.0 Å². The van der Waals surface area contributed by atoms with Crippen LogP contribution in [0.4, 0.5) is 5.69 Å². The molecule has 0 spiro atoms. The van der Waals surface area contributed by atoms with Gasteiger partial charge in [0.1, 0.15) is 10.8 Å². The third-order valence-electron chi connectivity index (χ3n) is 4.72. The Hall–Kier alpha value is -1.71. The van der Waals surface area contributed by atoms with Crippen LogP contribution in [0.2, 0.25) is 5.02 Å². The number of aromatic hydroxyl groups is 1. The van der Waals surface area contributed by atoms with Crippen molar-refractivity contribution in [1.29, 1.82) is 0 Å². The number of phenols is 1. The number of benzene rings is 2. The Morgan fingerprint density at radius 2 is 1.86 bits per heavy atom. The maximum absolute atomic E-state index is 10.00. The summed E-state index contributed by atoms with van der Waals surface area (Å²) in [6.07, 6.45) is 0. The molecule has 0 saturated heterocycles. The minimum absolute atomic E-state index is 0.132. The number of rotatable bonds is 0. The van der Waals surface area contributed by atoms with Gasteiger partial charge in [0.25, 0.3) is 0 Å². The van der Waals surface area contributed by atoms with E-state index in [2.05, 4.69) is 43.0 Å². The van der Waals surface area contributed by atoms with Crippen LogP contribution >= 0.6 is 22.9 Å². The van der Waals surface area contributed by atoms with Gasteiger partial charge < -0.3 is 10.0 Å².